The molecule has 0 aliphatic carbocycles. The van der Waals surface area contributed by atoms with Crippen LogP contribution in [0.15, 0.2) is 52.6 Å². The van der Waals surface area contributed by atoms with E-state index < -0.39 is 17.5 Å². The molecule has 1 aromatic carbocycles. The van der Waals surface area contributed by atoms with E-state index in [1.165, 1.54) is 22.1 Å². The van der Waals surface area contributed by atoms with Gasteiger partial charge in [-0.05, 0) is 30.5 Å². The van der Waals surface area contributed by atoms with Crippen LogP contribution in [0.4, 0.5) is 14.6 Å². The normalized spacial score (nSPS) is 10.9. The van der Waals surface area contributed by atoms with E-state index in [0.717, 1.165) is 17.0 Å². The number of hydrogen-bond acceptors (Lipinski definition) is 5. The van der Waals surface area contributed by atoms with Gasteiger partial charge in [0, 0.05) is 23.9 Å². The number of aryl methyl sites for hydroxylation is 1. The van der Waals surface area contributed by atoms with Crippen molar-refractivity contribution in [2.45, 2.75) is 6.92 Å². The Balaban J connectivity index is 1.78. The predicted molar refractivity (Wildman–Crippen MR) is 104 cm³/mol. The second-order valence-corrected chi connectivity index (χ2v) is 7.04. The van der Waals surface area contributed by atoms with Crippen molar-refractivity contribution >= 4 is 23.1 Å². The van der Waals surface area contributed by atoms with Crippen molar-refractivity contribution in [3.8, 4) is 16.5 Å². The summed E-state index contributed by atoms with van der Waals surface area (Å²) < 4.78 is 28.4. The topological polar surface area (TPSA) is 92.7 Å². The molecule has 0 spiro atoms. The maximum atomic E-state index is 14.0. The Hall–Kier alpha value is -3.66. The lowest BCUT2D eigenvalue weighted by Crippen LogP contribution is -2.19. The molecule has 0 fully saturated rings. The van der Waals surface area contributed by atoms with E-state index in [-0.39, 0.29) is 22.9 Å². The molecule has 2 N–H and O–H groups in total. The Morgan fingerprint density at radius 2 is 2.03 bits per heavy atom. The third-order valence-electron chi connectivity index (χ3n) is 3.96. The molecular weight excluding hydrogens is 400 g/mol. The molecule has 4 rings (SSSR count). The molecule has 0 saturated carbocycles. The molecular formula is C19H13F2N5O2S. The van der Waals surface area contributed by atoms with Crippen molar-refractivity contribution in [1.82, 2.24) is 19.7 Å². The fourth-order valence-electron chi connectivity index (χ4n) is 2.70. The minimum Gasteiger partial charge on any atom is -0.306 e. The number of aromatic nitrogens is 4. The second-order valence-electron chi connectivity index (χ2n) is 6.09. The molecule has 3 heterocycles. The third-order valence-corrected chi connectivity index (χ3v) is 4.85. The van der Waals surface area contributed by atoms with Crippen LogP contribution in [0.2, 0.25) is 0 Å². The Morgan fingerprint density at radius 1 is 1.21 bits per heavy atom. The van der Waals surface area contributed by atoms with Crippen molar-refractivity contribution in [2.24, 2.45) is 0 Å². The Morgan fingerprint density at radius 3 is 2.72 bits per heavy atom. The first-order chi connectivity index (χ1) is 13.9. The van der Waals surface area contributed by atoms with Gasteiger partial charge >= 0.3 is 0 Å². The van der Waals surface area contributed by atoms with Gasteiger partial charge in [0.15, 0.2) is 0 Å². The maximum absolute atomic E-state index is 14.0. The molecule has 0 radical (unpaired) electrons. The van der Waals surface area contributed by atoms with E-state index in [1.807, 2.05) is 17.5 Å². The largest absolute Gasteiger partial charge is 0.306 e. The number of anilines is 1. The van der Waals surface area contributed by atoms with E-state index in [9.17, 15) is 18.4 Å². The lowest BCUT2D eigenvalue weighted by atomic mass is 10.2. The Bertz CT molecular complexity index is 1260. The van der Waals surface area contributed by atoms with Crippen molar-refractivity contribution in [2.75, 3.05) is 5.32 Å². The van der Waals surface area contributed by atoms with Gasteiger partial charge < -0.3 is 5.32 Å². The summed E-state index contributed by atoms with van der Waals surface area (Å²) in [7, 11) is 0. The fraction of sp³-hybridized carbons (Fsp3) is 0.0526. The standard InChI is InChI=1S/C19H13F2N5O2S/c1-10-7-17(27)24-19(22-10)26-16(9-14(25-26)15-3-2-6-29-15)23-18(28)12-5-4-11(20)8-13(12)21/h2-9H,1H3,(H,23,28)(H,22,24,27). The quantitative estimate of drug-likeness (QED) is 0.535. The van der Waals surface area contributed by atoms with Crippen LogP contribution in [0.3, 0.4) is 0 Å². The van der Waals surface area contributed by atoms with Gasteiger partial charge in [0.2, 0.25) is 5.95 Å². The van der Waals surface area contributed by atoms with Crippen molar-refractivity contribution in [3.63, 3.8) is 0 Å². The highest BCUT2D eigenvalue weighted by Crippen LogP contribution is 2.27. The molecule has 0 unspecified atom stereocenters. The van der Waals surface area contributed by atoms with Gasteiger partial charge in [-0.1, -0.05) is 6.07 Å². The first-order valence-corrected chi connectivity index (χ1v) is 9.27. The zero-order chi connectivity index (χ0) is 20.5. The first kappa shape index (κ1) is 18.7. The molecule has 0 atom stereocenters. The average Bonchev–Trinajstić information content (AvgIpc) is 3.30. The van der Waals surface area contributed by atoms with Gasteiger partial charge in [0.1, 0.15) is 23.1 Å². The second kappa shape index (κ2) is 7.40. The first-order valence-electron chi connectivity index (χ1n) is 8.39. The van der Waals surface area contributed by atoms with Crippen LogP contribution in [0, 0.1) is 18.6 Å². The molecule has 1 amide bonds. The maximum Gasteiger partial charge on any atom is 0.259 e. The highest BCUT2D eigenvalue weighted by molar-refractivity contribution is 7.13. The minimum atomic E-state index is -0.992. The van der Waals surface area contributed by atoms with Crippen LogP contribution < -0.4 is 10.9 Å². The number of nitrogens with one attached hydrogen (secondary N) is 2. The number of aromatic amines is 1. The van der Waals surface area contributed by atoms with Crippen molar-refractivity contribution < 1.29 is 13.6 Å². The number of amides is 1. The third kappa shape index (κ3) is 3.83. The summed E-state index contributed by atoms with van der Waals surface area (Å²) in [6, 6.07) is 9.25. The SMILES string of the molecule is Cc1cc(=O)[nH]c(-n2nc(-c3cccs3)cc2NC(=O)c2ccc(F)cc2F)n1. The van der Waals surface area contributed by atoms with E-state index >= 15 is 0 Å². The monoisotopic (exact) mass is 413 g/mol. The highest BCUT2D eigenvalue weighted by atomic mass is 32.1. The smallest absolute Gasteiger partial charge is 0.259 e. The average molecular weight is 413 g/mol. The Labute approximate surface area is 166 Å². The molecule has 0 saturated heterocycles. The van der Waals surface area contributed by atoms with Crippen molar-refractivity contribution in [1.29, 1.82) is 0 Å². The van der Waals surface area contributed by atoms with Crippen LogP contribution >= 0.6 is 11.3 Å². The molecule has 0 aliphatic rings. The number of rotatable bonds is 4. The molecule has 146 valence electrons. The van der Waals surface area contributed by atoms with Gasteiger partial charge in [-0.15, -0.1) is 11.3 Å². The van der Waals surface area contributed by atoms with Gasteiger partial charge in [-0.3, -0.25) is 14.6 Å². The van der Waals surface area contributed by atoms with Crippen LogP contribution in [-0.2, 0) is 0 Å². The number of H-pyrrole nitrogens is 1. The molecule has 7 nitrogen and oxygen atoms in total. The lowest BCUT2D eigenvalue weighted by Gasteiger charge is -2.09. The van der Waals surface area contributed by atoms with Gasteiger partial charge in [0.05, 0.1) is 10.4 Å². The molecule has 29 heavy (non-hydrogen) atoms. The number of carbonyl (C=O) groups is 1. The Kier molecular flexibility index (Phi) is 4.77. The summed E-state index contributed by atoms with van der Waals surface area (Å²) in [5, 5.41) is 8.83. The van der Waals surface area contributed by atoms with Crippen molar-refractivity contribution in [3.05, 3.63) is 81.1 Å². The summed E-state index contributed by atoms with van der Waals surface area (Å²) in [4.78, 5) is 32.0. The van der Waals surface area contributed by atoms with E-state index in [2.05, 4.69) is 20.4 Å². The van der Waals surface area contributed by atoms with Crippen LogP contribution in [0.1, 0.15) is 16.1 Å². The number of carbonyl (C=O) groups excluding carboxylic acids is 1. The number of halogens is 2. The molecule has 3 aromatic heterocycles. The van der Waals surface area contributed by atoms with Crippen LogP contribution in [-0.4, -0.2) is 25.7 Å². The van der Waals surface area contributed by atoms with Gasteiger partial charge in [-0.25, -0.2) is 13.8 Å². The molecule has 10 heteroatoms. The zero-order valence-corrected chi connectivity index (χ0v) is 15.8. The number of hydrogen-bond donors (Lipinski definition) is 2. The minimum absolute atomic E-state index is 0.0904. The van der Waals surface area contributed by atoms with E-state index in [0.29, 0.717) is 17.5 Å². The summed E-state index contributed by atoms with van der Waals surface area (Å²) in [5.74, 6) is -2.32. The molecule has 4 aromatic rings. The summed E-state index contributed by atoms with van der Waals surface area (Å²) >= 11 is 1.44. The molecule has 0 bridgehead atoms. The lowest BCUT2D eigenvalue weighted by molar-refractivity contribution is 0.102. The van der Waals surface area contributed by atoms with Gasteiger partial charge in [0.25, 0.3) is 11.5 Å². The van der Waals surface area contributed by atoms with Crippen LogP contribution in [0.25, 0.3) is 16.5 Å². The fourth-order valence-corrected chi connectivity index (χ4v) is 3.38. The highest BCUT2D eigenvalue weighted by Gasteiger charge is 2.19. The van der Waals surface area contributed by atoms with E-state index in [4.69, 9.17) is 0 Å². The summed E-state index contributed by atoms with van der Waals surface area (Å²) in [6.07, 6.45) is 0. The summed E-state index contributed by atoms with van der Waals surface area (Å²) in [6.45, 7) is 1.65. The number of nitrogens with zero attached hydrogens (tertiary/aromatic N) is 3. The number of benzene rings is 1. The zero-order valence-electron chi connectivity index (χ0n) is 14.9. The van der Waals surface area contributed by atoms with E-state index in [1.54, 1.807) is 13.0 Å². The molecule has 0 aliphatic heterocycles. The number of thiophene rings is 1. The summed E-state index contributed by atoms with van der Waals surface area (Å²) in [5.41, 5.74) is 0.267. The van der Waals surface area contributed by atoms with Gasteiger partial charge in [-0.2, -0.15) is 9.78 Å². The van der Waals surface area contributed by atoms with Crippen LogP contribution in [0.5, 0.6) is 0 Å². The predicted octanol–water partition coefficient (Wildman–Crippen LogP) is 3.52.